The van der Waals surface area contributed by atoms with E-state index in [9.17, 15) is 9.59 Å². The molecule has 0 aliphatic carbocycles. The molecule has 3 saturated heterocycles. The second-order valence-electron chi connectivity index (χ2n) is 6.60. The number of likely N-dealkylation sites (tertiary alicyclic amines) is 1. The molecule has 3 heterocycles. The molecule has 3 aliphatic heterocycles. The van der Waals surface area contributed by atoms with Crippen molar-refractivity contribution in [3.63, 3.8) is 0 Å². The summed E-state index contributed by atoms with van der Waals surface area (Å²) in [6.07, 6.45) is 6.36. The van der Waals surface area contributed by atoms with Gasteiger partial charge in [0.2, 0.25) is 11.8 Å². The zero-order valence-corrected chi connectivity index (χ0v) is 12.4. The van der Waals surface area contributed by atoms with Crippen LogP contribution in [0.2, 0.25) is 0 Å². The van der Waals surface area contributed by atoms with E-state index < -0.39 is 0 Å². The Kier molecular flexibility index (Phi) is 3.71. The van der Waals surface area contributed by atoms with Crippen LogP contribution in [-0.2, 0) is 9.59 Å². The number of rotatable bonds is 4. The zero-order chi connectivity index (χ0) is 14.2. The molecule has 0 aromatic carbocycles. The minimum Gasteiger partial charge on any atom is -0.353 e. The van der Waals surface area contributed by atoms with Crippen LogP contribution >= 0.6 is 0 Å². The van der Waals surface area contributed by atoms with Crippen molar-refractivity contribution in [2.75, 3.05) is 26.2 Å². The van der Waals surface area contributed by atoms with Crippen LogP contribution in [0.5, 0.6) is 0 Å². The van der Waals surface area contributed by atoms with E-state index in [1.165, 1.54) is 38.8 Å². The number of amides is 2. The van der Waals surface area contributed by atoms with Crippen LogP contribution in [0.4, 0.5) is 0 Å². The number of fused-ring (bicyclic) bond motifs is 1. The Morgan fingerprint density at radius 2 is 2.05 bits per heavy atom. The first-order valence-corrected chi connectivity index (χ1v) is 7.92. The van der Waals surface area contributed by atoms with Crippen LogP contribution in [0.25, 0.3) is 0 Å². The van der Waals surface area contributed by atoms with Crippen LogP contribution < -0.4 is 5.32 Å². The van der Waals surface area contributed by atoms with E-state index in [4.69, 9.17) is 0 Å². The van der Waals surface area contributed by atoms with E-state index in [0.29, 0.717) is 6.42 Å². The SMILES string of the molecule is CC1CCC(=O)N1CC(=O)NCC12CCCN1CCC2. The topological polar surface area (TPSA) is 52.7 Å². The minimum atomic E-state index is 0.000208. The highest BCUT2D eigenvalue weighted by atomic mass is 16.2. The van der Waals surface area contributed by atoms with E-state index in [2.05, 4.69) is 10.2 Å². The van der Waals surface area contributed by atoms with Crippen molar-refractivity contribution in [3.8, 4) is 0 Å². The first kappa shape index (κ1) is 13.9. The molecule has 20 heavy (non-hydrogen) atoms. The molecule has 0 radical (unpaired) electrons. The van der Waals surface area contributed by atoms with E-state index in [1.54, 1.807) is 4.90 Å². The molecule has 1 atom stereocenters. The molecule has 0 bridgehead atoms. The highest BCUT2D eigenvalue weighted by Crippen LogP contribution is 2.38. The Hall–Kier alpha value is -1.10. The highest BCUT2D eigenvalue weighted by Gasteiger charge is 2.44. The molecular weight excluding hydrogens is 254 g/mol. The summed E-state index contributed by atoms with van der Waals surface area (Å²) < 4.78 is 0. The standard InChI is InChI=1S/C15H25N3O2/c1-12-4-5-14(20)18(12)10-13(19)16-11-15-6-2-8-17(15)9-3-7-15/h12H,2-11H2,1H3,(H,16,19). The lowest BCUT2D eigenvalue weighted by Gasteiger charge is -2.32. The Labute approximate surface area is 120 Å². The molecule has 1 N–H and O–H groups in total. The summed E-state index contributed by atoms with van der Waals surface area (Å²) in [5.74, 6) is 0.120. The van der Waals surface area contributed by atoms with Crippen LogP contribution in [-0.4, -0.2) is 59.4 Å². The van der Waals surface area contributed by atoms with Gasteiger partial charge in [0.15, 0.2) is 0 Å². The molecule has 1 unspecified atom stereocenters. The third kappa shape index (κ3) is 2.43. The van der Waals surface area contributed by atoms with Gasteiger partial charge < -0.3 is 10.2 Å². The predicted octanol–water partition coefficient (Wildman–Crippen LogP) is 0.742. The number of carbonyl (C=O) groups is 2. The van der Waals surface area contributed by atoms with Crippen LogP contribution in [0, 0.1) is 0 Å². The van der Waals surface area contributed by atoms with Gasteiger partial charge in [-0.2, -0.15) is 0 Å². The molecule has 0 saturated carbocycles. The second kappa shape index (κ2) is 5.35. The number of nitrogens with zero attached hydrogens (tertiary/aromatic N) is 2. The number of nitrogens with one attached hydrogen (secondary N) is 1. The average Bonchev–Trinajstić information content (AvgIpc) is 3.06. The molecule has 5 heteroatoms. The van der Waals surface area contributed by atoms with E-state index >= 15 is 0 Å². The Bertz CT molecular complexity index is 400. The van der Waals surface area contributed by atoms with Gasteiger partial charge in [0, 0.05) is 24.5 Å². The smallest absolute Gasteiger partial charge is 0.239 e. The quantitative estimate of drug-likeness (QED) is 0.826. The van der Waals surface area contributed by atoms with E-state index in [0.717, 1.165) is 13.0 Å². The number of hydrogen-bond acceptors (Lipinski definition) is 3. The minimum absolute atomic E-state index is 0.000208. The molecule has 3 fully saturated rings. The fraction of sp³-hybridized carbons (Fsp3) is 0.867. The summed E-state index contributed by atoms with van der Waals surface area (Å²) in [4.78, 5) is 28.1. The maximum atomic E-state index is 12.1. The monoisotopic (exact) mass is 279 g/mol. The van der Waals surface area contributed by atoms with Gasteiger partial charge in [-0.15, -0.1) is 0 Å². The summed E-state index contributed by atoms with van der Waals surface area (Å²) in [6, 6.07) is 0.209. The predicted molar refractivity (Wildman–Crippen MR) is 76.2 cm³/mol. The molecule has 3 aliphatic rings. The van der Waals surface area contributed by atoms with E-state index in [-0.39, 0.29) is 29.9 Å². The van der Waals surface area contributed by atoms with Gasteiger partial charge in [0.1, 0.15) is 0 Å². The maximum Gasteiger partial charge on any atom is 0.239 e. The third-order valence-corrected chi connectivity index (χ3v) is 5.37. The van der Waals surface area contributed by atoms with Gasteiger partial charge in [-0.3, -0.25) is 14.5 Å². The van der Waals surface area contributed by atoms with Crippen molar-refractivity contribution in [1.82, 2.24) is 15.1 Å². The van der Waals surface area contributed by atoms with Crippen molar-refractivity contribution in [2.45, 2.75) is 57.0 Å². The lowest BCUT2D eigenvalue weighted by molar-refractivity contribution is -0.134. The maximum absolute atomic E-state index is 12.1. The van der Waals surface area contributed by atoms with Gasteiger partial charge in [-0.1, -0.05) is 0 Å². The van der Waals surface area contributed by atoms with Crippen LogP contribution in [0.15, 0.2) is 0 Å². The lowest BCUT2D eigenvalue weighted by atomic mass is 9.94. The van der Waals surface area contributed by atoms with Crippen molar-refractivity contribution in [3.05, 3.63) is 0 Å². The number of hydrogen-bond donors (Lipinski definition) is 1. The molecular formula is C15H25N3O2. The van der Waals surface area contributed by atoms with Gasteiger partial charge in [0.25, 0.3) is 0 Å². The first-order chi connectivity index (χ1) is 9.61. The van der Waals surface area contributed by atoms with Crippen molar-refractivity contribution in [1.29, 1.82) is 0 Å². The zero-order valence-electron chi connectivity index (χ0n) is 12.4. The second-order valence-corrected chi connectivity index (χ2v) is 6.60. The summed E-state index contributed by atoms with van der Waals surface area (Å²) in [5, 5.41) is 3.08. The van der Waals surface area contributed by atoms with Crippen LogP contribution in [0.3, 0.4) is 0 Å². The highest BCUT2D eigenvalue weighted by molar-refractivity contribution is 5.86. The summed E-state index contributed by atoms with van der Waals surface area (Å²) in [6.45, 7) is 5.36. The average molecular weight is 279 g/mol. The van der Waals surface area contributed by atoms with Gasteiger partial charge in [-0.25, -0.2) is 0 Å². The lowest BCUT2D eigenvalue weighted by Crippen LogP contribution is -2.50. The third-order valence-electron chi connectivity index (χ3n) is 5.37. The fourth-order valence-corrected chi connectivity index (χ4v) is 4.11. The first-order valence-electron chi connectivity index (χ1n) is 7.92. The number of carbonyl (C=O) groups excluding carboxylic acids is 2. The molecule has 112 valence electrons. The Balaban J connectivity index is 1.51. The summed E-state index contributed by atoms with van der Waals surface area (Å²) in [5.41, 5.74) is 0.219. The molecule has 2 amide bonds. The fourth-order valence-electron chi connectivity index (χ4n) is 4.11. The van der Waals surface area contributed by atoms with Crippen molar-refractivity contribution >= 4 is 11.8 Å². The van der Waals surface area contributed by atoms with Crippen LogP contribution in [0.1, 0.15) is 45.4 Å². The van der Waals surface area contributed by atoms with Gasteiger partial charge in [0.05, 0.1) is 6.54 Å². The Morgan fingerprint density at radius 1 is 1.35 bits per heavy atom. The van der Waals surface area contributed by atoms with Gasteiger partial charge in [-0.05, 0) is 52.1 Å². The normalized spacial score (nSPS) is 28.9. The molecule has 5 nitrogen and oxygen atoms in total. The molecule has 0 aromatic rings. The summed E-state index contributed by atoms with van der Waals surface area (Å²) in [7, 11) is 0. The molecule has 3 rings (SSSR count). The van der Waals surface area contributed by atoms with Crippen molar-refractivity contribution < 1.29 is 9.59 Å². The molecule has 0 aromatic heterocycles. The van der Waals surface area contributed by atoms with E-state index in [1.807, 2.05) is 6.92 Å². The Morgan fingerprint density at radius 3 is 2.65 bits per heavy atom. The van der Waals surface area contributed by atoms with Gasteiger partial charge >= 0.3 is 0 Å². The largest absolute Gasteiger partial charge is 0.353 e. The van der Waals surface area contributed by atoms with Crippen molar-refractivity contribution in [2.24, 2.45) is 0 Å². The summed E-state index contributed by atoms with van der Waals surface area (Å²) >= 11 is 0. The molecule has 0 spiro atoms.